The molecule has 0 fully saturated rings. The van der Waals surface area contributed by atoms with E-state index in [9.17, 15) is 4.79 Å². The Morgan fingerprint density at radius 2 is 2.27 bits per heavy atom. The molecular weight excluding hydrogens is 180 g/mol. The third-order valence-electron chi connectivity index (χ3n) is 1.31. The van der Waals surface area contributed by atoms with E-state index < -0.39 is 0 Å². The van der Waals surface area contributed by atoms with E-state index in [4.69, 9.17) is 11.6 Å². The summed E-state index contributed by atoms with van der Waals surface area (Å²) in [6, 6.07) is 5.21. The lowest BCUT2D eigenvalue weighted by Gasteiger charge is -1.99. The smallest absolute Gasteiger partial charge is 0.150 e. The van der Waals surface area contributed by atoms with Crippen molar-refractivity contribution in [2.75, 3.05) is 6.26 Å². The fraction of sp³-hybridized carbons (Fsp3) is 0.125. The van der Waals surface area contributed by atoms with Crippen LogP contribution in [0.25, 0.3) is 0 Å². The topological polar surface area (TPSA) is 17.1 Å². The average molecular weight is 187 g/mol. The molecule has 1 rings (SSSR count). The minimum Gasteiger partial charge on any atom is -0.298 e. The van der Waals surface area contributed by atoms with E-state index >= 15 is 0 Å². The third-order valence-corrected chi connectivity index (χ3v) is 2.53. The van der Waals surface area contributed by atoms with Gasteiger partial charge in [-0.2, -0.15) is 0 Å². The number of carbonyl (C=O) groups is 1. The lowest BCUT2D eigenvalue weighted by atomic mass is 10.2. The number of carbonyl (C=O) groups excluding carboxylic acids is 1. The van der Waals surface area contributed by atoms with E-state index in [0.29, 0.717) is 10.6 Å². The number of benzene rings is 1. The zero-order valence-electron chi connectivity index (χ0n) is 6.00. The number of thioether (sulfide) groups is 1. The van der Waals surface area contributed by atoms with Crippen LogP contribution in [0.2, 0.25) is 5.02 Å². The number of aldehydes is 1. The fourth-order valence-corrected chi connectivity index (χ4v) is 1.62. The van der Waals surface area contributed by atoms with Gasteiger partial charge in [-0.05, 0) is 18.4 Å². The van der Waals surface area contributed by atoms with Gasteiger partial charge in [0.2, 0.25) is 0 Å². The van der Waals surface area contributed by atoms with Crippen LogP contribution >= 0.6 is 23.4 Å². The van der Waals surface area contributed by atoms with Crippen molar-refractivity contribution in [2.45, 2.75) is 4.90 Å². The minimum atomic E-state index is 0.666. The predicted octanol–water partition coefficient (Wildman–Crippen LogP) is 2.87. The number of rotatable bonds is 2. The third kappa shape index (κ3) is 1.98. The normalized spacial score (nSPS) is 9.64. The van der Waals surface area contributed by atoms with Gasteiger partial charge in [-0.3, -0.25) is 4.79 Å². The molecular formula is C8H7ClOS. The maximum Gasteiger partial charge on any atom is 0.150 e. The van der Waals surface area contributed by atoms with Gasteiger partial charge in [0.15, 0.2) is 0 Å². The van der Waals surface area contributed by atoms with Crippen molar-refractivity contribution in [1.29, 1.82) is 0 Å². The van der Waals surface area contributed by atoms with E-state index in [1.165, 1.54) is 11.8 Å². The average Bonchev–Trinajstić information content (AvgIpc) is 2.05. The van der Waals surface area contributed by atoms with Crippen molar-refractivity contribution < 1.29 is 4.79 Å². The molecule has 1 aromatic carbocycles. The summed E-state index contributed by atoms with van der Waals surface area (Å²) in [5, 5.41) is 0.697. The van der Waals surface area contributed by atoms with Gasteiger partial charge in [0.05, 0.1) is 5.02 Å². The summed E-state index contributed by atoms with van der Waals surface area (Å²) >= 11 is 7.35. The molecule has 0 aromatic heterocycles. The van der Waals surface area contributed by atoms with Crippen molar-refractivity contribution >= 4 is 29.6 Å². The molecule has 0 unspecified atom stereocenters. The Morgan fingerprint density at radius 3 is 2.82 bits per heavy atom. The second-order valence-corrected chi connectivity index (χ2v) is 3.27. The van der Waals surface area contributed by atoms with Gasteiger partial charge in [0.1, 0.15) is 6.29 Å². The van der Waals surface area contributed by atoms with Crippen LogP contribution < -0.4 is 0 Å². The van der Waals surface area contributed by atoms with Crippen LogP contribution in [0.15, 0.2) is 23.1 Å². The molecule has 0 radical (unpaired) electrons. The molecule has 0 heterocycles. The largest absolute Gasteiger partial charge is 0.298 e. The fourth-order valence-electron chi connectivity index (χ4n) is 0.750. The van der Waals surface area contributed by atoms with Gasteiger partial charge >= 0.3 is 0 Å². The van der Waals surface area contributed by atoms with E-state index in [2.05, 4.69) is 0 Å². The molecule has 1 aromatic rings. The molecule has 0 spiro atoms. The van der Waals surface area contributed by atoms with Crippen LogP contribution in [0.1, 0.15) is 10.4 Å². The Kier molecular flexibility index (Phi) is 2.97. The van der Waals surface area contributed by atoms with Crippen molar-refractivity contribution in [3.63, 3.8) is 0 Å². The van der Waals surface area contributed by atoms with Gasteiger partial charge < -0.3 is 0 Å². The van der Waals surface area contributed by atoms with Gasteiger partial charge in [-0.15, -0.1) is 11.8 Å². The number of halogens is 1. The maximum absolute atomic E-state index is 10.3. The first-order chi connectivity index (χ1) is 5.27. The first kappa shape index (κ1) is 8.62. The lowest BCUT2D eigenvalue weighted by molar-refractivity contribution is 0.112. The molecule has 0 saturated heterocycles. The van der Waals surface area contributed by atoms with Crippen molar-refractivity contribution in [2.24, 2.45) is 0 Å². The zero-order chi connectivity index (χ0) is 8.27. The van der Waals surface area contributed by atoms with Crippen LogP contribution in [0.5, 0.6) is 0 Å². The predicted molar refractivity (Wildman–Crippen MR) is 48.6 cm³/mol. The Bertz CT molecular complexity index is 273. The first-order valence-corrected chi connectivity index (χ1v) is 4.67. The Labute approximate surface area is 74.7 Å². The van der Waals surface area contributed by atoms with E-state index in [0.717, 1.165) is 11.2 Å². The highest BCUT2D eigenvalue weighted by Gasteiger charge is 1.98. The molecule has 1 nitrogen and oxygen atoms in total. The highest BCUT2D eigenvalue weighted by molar-refractivity contribution is 7.98. The standard InChI is InChI=1S/C8H7ClOS/c1-11-8-4-6(5-10)2-3-7(8)9/h2-5H,1H3. The van der Waals surface area contributed by atoms with Crippen LogP contribution in [0, 0.1) is 0 Å². The summed E-state index contributed by atoms with van der Waals surface area (Å²) in [5.74, 6) is 0. The van der Waals surface area contributed by atoms with Gasteiger partial charge in [-0.25, -0.2) is 0 Å². The molecule has 0 N–H and O–H groups in total. The lowest BCUT2D eigenvalue weighted by Crippen LogP contribution is -1.80. The second-order valence-electron chi connectivity index (χ2n) is 2.01. The minimum absolute atomic E-state index is 0.666. The Hall–Kier alpha value is -0.470. The summed E-state index contributed by atoms with van der Waals surface area (Å²) in [5.41, 5.74) is 0.666. The molecule has 0 aliphatic rings. The van der Waals surface area contributed by atoms with Crippen molar-refractivity contribution in [3.05, 3.63) is 28.8 Å². The van der Waals surface area contributed by atoms with Crippen molar-refractivity contribution in [3.8, 4) is 0 Å². The molecule has 0 amide bonds. The summed E-state index contributed by atoms with van der Waals surface area (Å²) in [7, 11) is 0. The van der Waals surface area contributed by atoms with Gasteiger partial charge in [0, 0.05) is 10.5 Å². The first-order valence-electron chi connectivity index (χ1n) is 3.06. The van der Waals surface area contributed by atoms with E-state index in [1.54, 1.807) is 18.2 Å². The zero-order valence-corrected chi connectivity index (χ0v) is 7.58. The van der Waals surface area contributed by atoms with Crippen LogP contribution in [-0.4, -0.2) is 12.5 Å². The Morgan fingerprint density at radius 1 is 1.55 bits per heavy atom. The van der Waals surface area contributed by atoms with E-state index in [-0.39, 0.29) is 0 Å². The molecule has 58 valence electrons. The maximum atomic E-state index is 10.3. The van der Waals surface area contributed by atoms with Crippen LogP contribution in [-0.2, 0) is 0 Å². The quantitative estimate of drug-likeness (QED) is 0.522. The Balaban J connectivity index is 3.12. The second kappa shape index (κ2) is 3.79. The summed E-state index contributed by atoms with van der Waals surface area (Å²) < 4.78 is 0. The summed E-state index contributed by atoms with van der Waals surface area (Å²) in [6.45, 7) is 0. The summed E-state index contributed by atoms with van der Waals surface area (Å²) in [6.07, 6.45) is 2.74. The molecule has 0 aliphatic heterocycles. The molecule has 0 saturated carbocycles. The van der Waals surface area contributed by atoms with Crippen LogP contribution in [0.4, 0.5) is 0 Å². The molecule has 11 heavy (non-hydrogen) atoms. The molecule has 0 bridgehead atoms. The number of hydrogen-bond acceptors (Lipinski definition) is 2. The SMILES string of the molecule is CSc1cc(C=O)ccc1Cl. The molecule has 0 aliphatic carbocycles. The van der Waals surface area contributed by atoms with E-state index in [1.807, 2.05) is 6.26 Å². The molecule has 0 atom stereocenters. The van der Waals surface area contributed by atoms with Crippen LogP contribution in [0.3, 0.4) is 0 Å². The monoisotopic (exact) mass is 186 g/mol. The van der Waals surface area contributed by atoms with Gasteiger partial charge in [-0.1, -0.05) is 17.7 Å². The number of hydrogen-bond donors (Lipinski definition) is 0. The molecule has 3 heteroatoms. The summed E-state index contributed by atoms with van der Waals surface area (Å²) in [4.78, 5) is 11.3. The van der Waals surface area contributed by atoms with Crippen molar-refractivity contribution in [1.82, 2.24) is 0 Å². The highest BCUT2D eigenvalue weighted by Crippen LogP contribution is 2.25. The van der Waals surface area contributed by atoms with Gasteiger partial charge in [0.25, 0.3) is 0 Å². The highest BCUT2D eigenvalue weighted by atomic mass is 35.5.